The zero-order valence-corrected chi connectivity index (χ0v) is 12.6. The molecule has 0 aliphatic carbocycles. The molecule has 1 N–H and O–H groups in total. The van der Waals surface area contributed by atoms with Gasteiger partial charge in [-0.25, -0.2) is 0 Å². The molecule has 0 saturated carbocycles. The third kappa shape index (κ3) is 3.31. The molecule has 1 aliphatic heterocycles. The summed E-state index contributed by atoms with van der Waals surface area (Å²) in [6.07, 6.45) is 2.05. The van der Waals surface area contributed by atoms with Gasteiger partial charge >= 0.3 is 0 Å². The quantitative estimate of drug-likeness (QED) is 0.915. The molecule has 4 nitrogen and oxygen atoms in total. The molecule has 1 aromatic carbocycles. The second-order valence-electron chi connectivity index (χ2n) is 5.50. The van der Waals surface area contributed by atoms with Gasteiger partial charge in [0.05, 0.1) is 13.0 Å². The molecule has 0 bridgehead atoms. The highest BCUT2D eigenvalue weighted by molar-refractivity contribution is 5.79. The van der Waals surface area contributed by atoms with Gasteiger partial charge < -0.3 is 15.0 Å². The lowest BCUT2D eigenvalue weighted by Gasteiger charge is -2.32. The van der Waals surface area contributed by atoms with Gasteiger partial charge in [-0.2, -0.15) is 0 Å². The van der Waals surface area contributed by atoms with Crippen molar-refractivity contribution in [2.75, 3.05) is 20.7 Å². The minimum absolute atomic E-state index is 0.0865. The highest BCUT2D eigenvalue weighted by Crippen LogP contribution is 2.22. The number of carbonyl (C=O) groups excluding carboxylic acids is 1. The van der Waals surface area contributed by atoms with Crippen molar-refractivity contribution in [3.8, 4) is 5.75 Å². The Labute approximate surface area is 121 Å². The summed E-state index contributed by atoms with van der Waals surface area (Å²) in [5, 5.41) is 3.38. The topological polar surface area (TPSA) is 41.6 Å². The molecule has 1 fully saturated rings. The summed E-state index contributed by atoms with van der Waals surface area (Å²) in [6.45, 7) is 3.70. The minimum atomic E-state index is 0.0865. The number of methoxy groups -OCH3 is 1. The average Bonchev–Trinajstić information content (AvgIpc) is 2.47. The first-order chi connectivity index (χ1) is 9.63. The van der Waals surface area contributed by atoms with Crippen molar-refractivity contribution < 1.29 is 9.53 Å². The Morgan fingerprint density at radius 2 is 2.20 bits per heavy atom. The number of rotatable bonds is 4. The van der Waals surface area contributed by atoms with Crippen LogP contribution in [0.15, 0.2) is 24.3 Å². The molecule has 20 heavy (non-hydrogen) atoms. The van der Waals surface area contributed by atoms with Gasteiger partial charge in [-0.05, 0) is 32.4 Å². The van der Waals surface area contributed by atoms with Crippen LogP contribution in [0.4, 0.5) is 0 Å². The van der Waals surface area contributed by atoms with E-state index in [-0.39, 0.29) is 17.9 Å². The van der Waals surface area contributed by atoms with E-state index < -0.39 is 0 Å². The molecule has 1 aromatic rings. The molecule has 2 rings (SSSR count). The van der Waals surface area contributed by atoms with E-state index in [1.165, 1.54) is 0 Å². The lowest BCUT2D eigenvalue weighted by Crippen LogP contribution is -2.47. The van der Waals surface area contributed by atoms with Crippen LogP contribution in [0.1, 0.15) is 25.3 Å². The van der Waals surface area contributed by atoms with Gasteiger partial charge in [0.25, 0.3) is 0 Å². The summed E-state index contributed by atoms with van der Waals surface area (Å²) in [7, 11) is 3.53. The summed E-state index contributed by atoms with van der Waals surface area (Å²) >= 11 is 0. The Hall–Kier alpha value is -1.55. The third-order valence-corrected chi connectivity index (χ3v) is 4.06. The van der Waals surface area contributed by atoms with Crippen LogP contribution in [0, 0.1) is 5.92 Å². The summed E-state index contributed by atoms with van der Waals surface area (Å²) < 4.78 is 5.34. The number of para-hydroxylation sites is 1. The number of piperidine rings is 1. The van der Waals surface area contributed by atoms with Crippen molar-refractivity contribution in [3.63, 3.8) is 0 Å². The van der Waals surface area contributed by atoms with Gasteiger partial charge in [0.1, 0.15) is 5.75 Å². The number of hydrogen-bond acceptors (Lipinski definition) is 3. The third-order valence-electron chi connectivity index (χ3n) is 4.06. The maximum absolute atomic E-state index is 12.6. The molecule has 0 aromatic heterocycles. The van der Waals surface area contributed by atoms with Gasteiger partial charge in [-0.3, -0.25) is 4.79 Å². The van der Waals surface area contributed by atoms with E-state index >= 15 is 0 Å². The maximum atomic E-state index is 12.6. The Morgan fingerprint density at radius 3 is 2.90 bits per heavy atom. The van der Waals surface area contributed by atoms with Crippen molar-refractivity contribution in [2.24, 2.45) is 5.92 Å². The van der Waals surface area contributed by atoms with Gasteiger partial charge in [0, 0.05) is 25.2 Å². The molecule has 1 amide bonds. The van der Waals surface area contributed by atoms with Crippen LogP contribution in [-0.4, -0.2) is 37.6 Å². The van der Waals surface area contributed by atoms with Gasteiger partial charge in [0.2, 0.25) is 5.91 Å². The number of benzene rings is 1. The summed E-state index contributed by atoms with van der Waals surface area (Å²) in [5.41, 5.74) is 1.04. The SMILES string of the molecule is COc1ccccc1CN(C)C(=O)C1CCCNC1C. The second kappa shape index (κ2) is 6.75. The van der Waals surface area contributed by atoms with Crippen LogP contribution in [0.25, 0.3) is 0 Å². The number of nitrogens with zero attached hydrogens (tertiary/aromatic N) is 1. The zero-order chi connectivity index (χ0) is 14.5. The predicted octanol–water partition coefficient (Wildman–Crippen LogP) is 2.04. The second-order valence-corrected chi connectivity index (χ2v) is 5.50. The molecule has 1 heterocycles. The molecular formula is C16H24N2O2. The monoisotopic (exact) mass is 276 g/mol. The molecule has 0 spiro atoms. The summed E-state index contributed by atoms with van der Waals surface area (Å²) in [6, 6.07) is 8.11. The van der Waals surface area contributed by atoms with Crippen LogP contribution in [0.3, 0.4) is 0 Å². The van der Waals surface area contributed by atoms with E-state index in [0.29, 0.717) is 6.54 Å². The van der Waals surface area contributed by atoms with Crippen LogP contribution < -0.4 is 10.1 Å². The highest BCUT2D eigenvalue weighted by atomic mass is 16.5. The van der Waals surface area contributed by atoms with E-state index in [9.17, 15) is 4.79 Å². The van der Waals surface area contributed by atoms with Crippen molar-refractivity contribution in [3.05, 3.63) is 29.8 Å². The van der Waals surface area contributed by atoms with E-state index in [4.69, 9.17) is 4.74 Å². The fraction of sp³-hybridized carbons (Fsp3) is 0.562. The predicted molar refractivity (Wildman–Crippen MR) is 79.7 cm³/mol. The smallest absolute Gasteiger partial charge is 0.227 e. The van der Waals surface area contributed by atoms with Gasteiger partial charge in [-0.1, -0.05) is 18.2 Å². The number of amides is 1. The fourth-order valence-corrected chi connectivity index (χ4v) is 2.83. The van der Waals surface area contributed by atoms with Crippen molar-refractivity contribution in [1.82, 2.24) is 10.2 Å². The van der Waals surface area contributed by atoms with E-state index in [1.807, 2.05) is 36.2 Å². The van der Waals surface area contributed by atoms with Crippen LogP contribution >= 0.6 is 0 Å². The summed E-state index contributed by atoms with van der Waals surface area (Å²) in [5.74, 6) is 1.14. The van der Waals surface area contributed by atoms with Gasteiger partial charge in [-0.15, -0.1) is 0 Å². The molecular weight excluding hydrogens is 252 g/mol. The maximum Gasteiger partial charge on any atom is 0.227 e. The number of carbonyl (C=O) groups is 1. The summed E-state index contributed by atoms with van der Waals surface area (Å²) in [4.78, 5) is 14.4. The van der Waals surface area contributed by atoms with E-state index in [0.717, 1.165) is 30.7 Å². The Morgan fingerprint density at radius 1 is 1.45 bits per heavy atom. The molecule has 2 unspecified atom stereocenters. The van der Waals surface area contributed by atoms with Crippen molar-refractivity contribution in [1.29, 1.82) is 0 Å². The van der Waals surface area contributed by atoms with Crippen molar-refractivity contribution >= 4 is 5.91 Å². The first kappa shape index (κ1) is 14.9. The Balaban J connectivity index is 2.03. The van der Waals surface area contributed by atoms with E-state index in [1.54, 1.807) is 7.11 Å². The number of hydrogen-bond donors (Lipinski definition) is 1. The fourth-order valence-electron chi connectivity index (χ4n) is 2.83. The minimum Gasteiger partial charge on any atom is -0.496 e. The Kier molecular flexibility index (Phi) is 5.01. The molecule has 4 heteroatoms. The molecule has 0 radical (unpaired) electrons. The van der Waals surface area contributed by atoms with Crippen LogP contribution in [0.5, 0.6) is 5.75 Å². The zero-order valence-electron chi connectivity index (χ0n) is 12.6. The normalized spacial score (nSPS) is 22.4. The lowest BCUT2D eigenvalue weighted by atomic mass is 9.90. The average molecular weight is 276 g/mol. The van der Waals surface area contributed by atoms with Gasteiger partial charge in [0.15, 0.2) is 0 Å². The van der Waals surface area contributed by atoms with Crippen LogP contribution in [-0.2, 0) is 11.3 Å². The Bertz CT molecular complexity index is 462. The largest absolute Gasteiger partial charge is 0.496 e. The van der Waals surface area contributed by atoms with E-state index in [2.05, 4.69) is 12.2 Å². The molecule has 2 atom stereocenters. The van der Waals surface area contributed by atoms with Crippen LogP contribution in [0.2, 0.25) is 0 Å². The molecule has 1 aliphatic rings. The number of ether oxygens (including phenoxy) is 1. The van der Waals surface area contributed by atoms with Crippen molar-refractivity contribution in [2.45, 2.75) is 32.4 Å². The molecule has 1 saturated heterocycles. The number of nitrogens with one attached hydrogen (secondary N) is 1. The lowest BCUT2D eigenvalue weighted by molar-refractivity contribution is -0.136. The molecule has 110 valence electrons. The first-order valence-corrected chi connectivity index (χ1v) is 7.23. The standard InChI is InChI=1S/C16H24N2O2/c1-12-14(8-6-10-17-12)16(19)18(2)11-13-7-4-5-9-15(13)20-3/h4-5,7,9,12,14,17H,6,8,10-11H2,1-3H3. The first-order valence-electron chi connectivity index (χ1n) is 7.23. The highest BCUT2D eigenvalue weighted by Gasteiger charge is 2.29.